The zero-order valence-electron chi connectivity index (χ0n) is 6.03. The lowest BCUT2D eigenvalue weighted by atomic mass is 10.3. The fourth-order valence-electron chi connectivity index (χ4n) is 1.03. The minimum Gasteiger partial charge on any atom is -0.439 e. The summed E-state index contributed by atoms with van der Waals surface area (Å²) in [6.45, 7) is 1.83. The third kappa shape index (κ3) is 0.832. The van der Waals surface area contributed by atoms with Gasteiger partial charge >= 0.3 is 0 Å². The zero-order chi connectivity index (χ0) is 7.84. The molecular formula is C7H7N3O. The van der Waals surface area contributed by atoms with Crippen LogP contribution < -0.4 is 5.73 Å². The summed E-state index contributed by atoms with van der Waals surface area (Å²) >= 11 is 0. The van der Waals surface area contributed by atoms with Gasteiger partial charge in [-0.15, -0.1) is 0 Å². The maximum Gasteiger partial charge on any atom is 0.191 e. The number of anilines is 1. The molecule has 0 aromatic carbocycles. The van der Waals surface area contributed by atoms with E-state index in [1.54, 1.807) is 12.3 Å². The predicted octanol–water partition coefficient (Wildman–Crippen LogP) is 1.11. The molecule has 0 spiro atoms. The number of nitrogens with zero attached hydrogens (tertiary/aromatic N) is 2. The molecule has 0 aliphatic carbocycles. The summed E-state index contributed by atoms with van der Waals surface area (Å²) in [5.41, 5.74) is 6.92. The molecule has 0 saturated heterocycles. The third-order valence-corrected chi connectivity index (χ3v) is 1.51. The van der Waals surface area contributed by atoms with E-state index in [1.165, 1.54) is 0 Å². The number of fused-ring (bicyclic) bond motifs is 1. The van der Waals surface area contributed by atoms with Gasteiger partial charge in [0, 0.05) is 11.5 Å². The second kappa shape index (κ2) is 1.95. The lowest BCUT2D eigenvalue weighted by Crippen LogP contribution is -1.83. The third-order valence-electron chi connectivity index (χ3n) is 1.51. The number of aromatic nitrogens is 2. The summed E-state index contributed by atoms with van der Waals surface area (Å²) in [4.78, 5) is 0. The molecule has 2 N–H and O–H groups in total. The van der Waals surface area contributed by atoms with E-state index in [1.807, 2.05) is 6.92 Å². The summed E-state index contributed by atoms with van der Waals surface area (Å²) in [6.07, 6.45) is 1.63. The Bertz CT molecular complexity index is 393. The fraction of sp³-hybridized carbons (Fsp3) is 0.143. The SMILES string of the molecule is Cc1nncc2cc(N)oc12. The smallest absolute Gasteiger partial charge is 0.191 e. The van der Waals surface area contributed by atoms with Crippen LogP contribution in [0.5, 0.6) is 0 Å². The van der Waals surface area contributed by atoms with Crippen molar-refractivity contribution < 1.29 is 4.42 Å². The molecule has 0 saturated carbocycles. The molecule has 2 heterocycles. The van der Waals surface area contributed by atoms with E-state index in [9.17, 15) is 0 Å². The van der Waals surface area contributed by atoms with Crippen molar-refractivity contribution >= 4 is 16.9 Å². The number of rotatable bonds is 0. The quantitative estimate of drug-likeness (QED) is 0.609. The molecule has 4 nitrogen and oxygen atoms in total. The van der Waals surface area contributed by atoms with Gasteiger partial charge < -0.3 is 10.2 Å². The minimum absolute atomic E-state index is 0.401. The maximum absolute atomic E-state index is 5.44. The molecule has 0 atom stereocenters. The van der Waals surface area contributed by atoms with Gasteiger partial charge in [0.2, 0.25) is 0 Å². The molecule has 0 aliphatic heterocycles. The van der Waals surface area contributed by atoms with Crippen LogP contribution in [0.15, 0.2) is 16.7 Å². The highest BCUT2D eigenvalue weighted by Gasteiger charge is 2.03. The van der Waals surface area contributed by atoms with Crippen LogP contribution in [-0.4, -0.2) is 10.2 Å². The minimum atomic E-state index is 0.401. The first-order valence-electron chi connectivity index (χ1n) is 3.24. The van der Waals surface area contributed by atoms with Gasteiger partial charge in [-0.05, 0) is 6.92 Å². The highest BCUT2D eigenvalue weighted by Crippen LogP contribution is 2.20. The van der Waals surface area contributed by atoms with Crippen molar-refractivity contribution in [2.75, 3.05) is 5.73 Å². The molecule has 0 fully saturated rings. The van der Waals surface area contributed by atoms with E-state index in [0.29, 0.717) is 5.88 Å². The molecule has 2 aromatic rings. The summed E-state index contributed by atoms with van der Waals surface area (Å²) in [5.74, 6) is 0.401. The maximum atomic E-state index is 5.44. The van der Waals surface area contributed by atoms with Gasteiger partial charge in [-0.1, -0.05) is 0 Å². The highest BCUT2D eigenvalue weighted by molar-refractivity contribution is 5.80. The molecule has 2 aromatic heterocycles. The molecule has 56 valence electrons. The Morgan fingerprint density at radius 2 is 2.36 bits per heavy atom. The highest BCUT2D eigenvalue weighted by atomic mass is 16.3. The Labute approximate surface area is 63.0 Å². The van der Waals surface area contributed by atoms with Crippen molar-refractivity contribution in [2.24, 2.45) is 0 Å². The van der Waals surface area contributed by atoms with Crippen LogP contribution in [-0.2, 0) is 0 Å². The molecule has 0 bridgehead atoms. The Kier molecular flexibility index (Phi) is 1.09. The van der Waals surface area contributed by atoms with Crippen molar-refractivity contribution in [3.05, 3.63) is 18.0 Å². The van der Waals surface area contributed by atoms with Crippen LogP contribution in [0.4, 0.5) is 5.88 Å². The molecule has 4 heteroatoms. The lowest BCUT2D eigenvalue weighted by Gasteiger charge is -1.88. The Morgan fingerprint density at radius 3 is 3.09 bits per heavy atom. The summed E-state index contributed by atoms with van der Waals surface area (Å²) in [6, 6.07) is 1.73. The van der Waals surface area contributed by atoms with Crippen LogP contribution in [0.3, 0.4) is 0 Å². The van der Waals surface area contributed by atoms with Gasteiger partial charge in [-0.25, -0.2) is 0 Å². The summed E-state index contributed by atoms with van der Waals surface area (Å²) in [5, 5.41) is 8.48. The fourth-order valence-corrected chi connectivity index (χ4v) is 1.03. The van der Waals surface area contributed by atoms with E-state index in [0.717, 1.165) is 16.7 Å². The molecule has 0 amide bonds. The van der Waals surface area contributed by atoms with Crippen molar-refractivity contribution in [2.45, 2.75) is 6.92 Å². The van der Waals surface area contributed by atoms with Crippen LogP contribution in [0.25, 0.3) is 11.0 Å². The van der Waals surface area contributed by atoms with Gasteiger partial charge in [-0.2, -0.15) is 10.2 Å². The average Bonchev–Trinajstić information content (AvgIpc) is 2.31. The first-order valence-corrected chi connectivity index (χ1v) is 3.24. The second-order valence-corrected chi connectivity index (χ2v) is 2.36. The van der Waals surface area contributed by atoms with E-state index < -0.39 is 0 Å². The van der Waals surface area contributed by atoms with Crippen LogP contribution in [0.2, 0.25) is 0 Å². The Morgan fingerprint density at radius 1 is 1.55 bits per heavy atom. The summed E-state index contributed by atoms with van der Waals surface area (Å²) in [7, 11) is 0. The number of hydrogen-bond donors (Lipinski definition) is 1. The largest absolute Gasteiger partial charge is 0.439 e. The molecule has 0 radical (unpaired) electrons. The lowest BCUT2D eigenvalue weighted by molar-refractivity contribution is 0.630. The van der Waals surface area contributed by atoms with Crippen molar-refractivity contribution in [3.63, 3.8) is 0 Å². The van der Waals surface area contributed by atoms with Crippen molar-refractivity contribution in [1.29, 1.82) is 0 Å². The first kappa shape index (κ1) is 6.15. The molecule has 0 unspecified atom stereocenters. The number of aryl methyl sites for hydroxylation is 1. The van der Waals surface area contributed by atoms with Gasteiger partial charge in [0.1, 0.15) is 5.69 Å². The number of hydrogen-bond acceptors (Lipinski definition) is 4. The van der Waals surface area contributed by atoms with Gasteiger partial charge in [0.15, 0.2) is 11.5 Å². The monoisotopic (exact) mass is 149 g/mol. The Balaban J connectivity index is 2.90. The van der Waals surface area contributed by atoms with E-state index in [4.69, 9.17) is 10.2 Å². The number of nitrogens with two attached hydrogens (primary N) is 1. The number of nitrogen functional groups attached to an aromatic ring is 1. The Hall–Kier alpha value is -1.58. The number of furan rings is 1. The van der Waals surface area contributed by atoms with E-state index in [-0.39, 0.29) is 0 Å². The van der Waals surface area contributed by atoms with Gasteiger partial charge in [0.05, 0.1) is 6.20 Å². The van der Waals surface area contributed by atoms with Crippen molar-refractivity contribution in [1.82, 2.24) is 10.2 Å². The van der Waals surface area contributed by atoms with Crippen LogP contribution in [0, 0.1) is 6.92 Å². The van der Waals surface area contributed by atoms with Gasteiger partial charge in [-0.3, -0.25) is 0 Å². The summed E-state index contributed by atoms with van der Waals surface area (Å²) < 4.78 is 5.17. The molecular weight excluding hydrogens is 142 g/mol. The molecule has 11 heavy (non-hydrogen) atoms. The topological polar surface area (TPSA) is 64.9 Å². The molecule has 0 aliphatic rings. The van der Waals surface area contributed by atoms with Crippen LogP contribution >= 0.6 is 0 Å². The molecule has 2 rings (SSSR count). The standard InChI is InChI=1S/C7H7N3O/c1-4-7-5(3-9-10-4)2-6(8)11-7/h2-3H,8H2,1H3. The van der Waals surface area contributed by atoms with Gasteiger partial charge in [0.25, 0.3) is 0 Å². The first-order chi connectivity index (χ1) is 5.27. The van der Waals surface area contributed by atoms with Crippen LogP contribution in [0.1, 0.15) is 5.69 Å². The zero-order valence-corrected chi connectivity index (χ0v) is 6.03. The van der Waals surface area contributed by atoms with E-state index in [2.05, 4.69) is 10.2 Å². The average molecular weight is 149 g/mol. The van der Waals surface area contributed by atoms with Crippen molar-refractivity contribution in [3.8, 4) is 0 Å². The normalized spacial score (nSPS) is 10.6. The predicted molar refractivity (Wildman–Crippen MR) is 41.0 cm³/mol. The second-order valence-electron chi connectivity index (χ2n) is 2.36. The van der Waals surface area contributed by atoms with E-state index >= 15 is 0 Å².